The fourth-order valence-corrected chi connectivity index (χ4v) is 3.05. The average molecular weight is 312 g/mol. The van der Waals surface area contributed by atoms with Gasteiger partial charge in [0.2, 0.25) is 0 Å². The number of carboxylic acids is 1. The van der Waals surface area contributed by atoms with Gasteiger partial charge in [0.15, 0.2) is 0 Å². The number of hydrogen-bond acceptors (Lipinski definition) is 2. The van der Waals surface area contributed by atoms with Gasteiger partial charge in [0.25, 0.3) is 0 Å². The molecule has 1 saturated heterocycles. The first kappa shape index (κ1) is 13.6. The molecule has 1 fully saturated rings. The van der Waals surface area contributed by atoms with Crippen LogP contribution in [-0.4, -0.2) is 29.1 Å². The highest BCUT2D eigenvalue weighted by Gasteiger charge is 2.29. The largest absolute Gasteiger partial charge is 0.481 e. The van der Waals surface area contributed by atoms with E-state index < -0.39 is 5.97 Å². The van der Waals surface area contributed by atoms with Gasteiger partial charge in [0.05, 0.1) is 5.92 Å². The summed E-state index contributed by atoms with van der Waals surface area (Å²) in [5.74, 6) is -0.447. The number of rotatable bonds is 3. The van der Waals surface area contributed by atoms with Crippen LogP contribution >= 0.6 is 15.9 Å². The third-order valence-electron chi connectivity index (χ3n) is 3.44. The third-order valence-corrected chi connectivity index (χ3v) is 4.21. The maximum absolute atomic E-state index is 11.1. The number of halogens is 1. The molecule has 3 nitrogen and oxygen atoms in total. The molecule has 0 saturated carbocycles. The molecule has 0 aromatic heterocycles. The second-order valence-electron chi connectivity index (χ2n) is 5.16. The molecule has 0 bridgehead atoms. The molecule has 1 heterocycles. The monoisotopic (exact) mass is 311 g/mol. The quantitative estimate of drug-likeness (QED) is 0.933. The molecule has 2 atom stereocenters. The van der Waals surface area contributed by atoms with E-state index in [0.29, 0.717) is 12.5 Å². The first-order valence-corrected chi connectivity index (χ1v) is 7.04. The van der Waals surface area contributed by atoms with Crippen molar-refractivity contribution in [2.24, 2.45) is 11.8 Å². The highest BCUT2D eigenvalue weighted by Crippen LogP contribution is 2.25. The average Bonchev–Trinajstić information content (AvgIpc) is 2.31. The Bertz CT molecular complexity index is 436. The third kappa shape index (κ3) is 3.33. The maximum Gasteiger partial charge on any atom is 0.307 e. The normalized spacial score (nSPS) is 25.0. The molecule has 1 aliphatic heterocycles. The number of nitrogens with zero attached hydrogens (tertiary/aromatic N) is 1. The molecule has 1 aromatic carbocycles. The Morgan fingerprint density at radius 1 is 1.44 bits per heavy atom. The van der Waals surface area contributed by atoms with Crippen LogP contribution in [0.2, 0.25) is 0 Å². The smallest absolute Gasteiger partial charge is 0.307 e. The molecular weight excluding hydrogens is 294 g/mol. The second kappa shape index (κ2) is 5.85. The Morgan fingerprint density at radius 3 is 2.83 bits per heavy atom. The number of likely N-dealkylation sites (tertiary alicyclic amines) is 1. The van der Waals surface area contributed by atoms with Crippen molar-refractivity contribution < 1.29 is 9.90 Å². The number of carboxylic acid groups (broad SMARTS) is 1. The van der Waals surface area contributed by atoms with Crippen LogP contribution in [-0.2, 0) is 11.3 Å². The zero-order valence-electron chi connectivity index (χ0n) is 10.5. The van der Waals surface area contributed by atoms with E-state index in [1.165, 1.54) is 5.56 Å². The van der Waals surface area contributed by atoms with Crippen molar-refractivity contribution in [2.45, 2.75) is 19.9 Å². The van der Waals surface area contributed by atoms with E-state index in [1.54, 1.807) is 0 Å². The van der Waals surface area contributed by atoms with E-state index in [-0.39, 0.29) is 5.92 Å². The van der Waals surface area contributed by atoms with Crippen LogP contribution < -0.4 is 0 Å². The summed E-state index contributed by atoms with van der Waals surface area (Å²) in [5.41, 5.74) is 1.22. The van der Waals surface area contributed by atoms with E-state index in [0.717, 1.165) is 24.0 Å². The molecule has 0 aliphatic carbocycles. The summed E-state index contributed by atoms with van der Waals surface area (Å²) in [7, 11) is 0. The van der Waals surface area contributed by atoms with Gasteiger partial charge in [0.1, 0.15) is 0 Å². The standard InChI is InChI=1S/C14H18BrNO2/c1-10-6-12(14(17)18)9-16(7-10)8-11-4-2-3-5-13(11)15/h2-5,10,12H,6-9H2,1H3,(H,17,18). The van der Waals surface area contributed by atoms with Crippen molar-refractivity contribution in [2.75, 3.05) is 13.1 Å². The van der Waals surface area contributed by atoms with E-state index >= 15 is 0 Å². The van der Waals surface area contributed by atoms with E-state index in [2.05, 4.69) is 33.8 Å². The topological polar surface area (TPSA) is 40.5 Å². The Balaban J connectivity index is 2.05. The molecule has 1 N–H and O–H groups in total. The van der Waals surface area contributed by atoms with Crippen LogP contribution in [0.5, 0.6) is 0 Å². The fraction of sp³-hybridized carbons (Fsp3) is 0.500. The van der Waals surface area contributed by atoms with Crippen molar-refractivity contribution in [3.8, 4) is 0 Å². The zero-order valence-corrected chi connectivity index (χ0v) is 12.1. The summed E-state index contributed by atoms with van der Waals surface area (Å²) in [6, 6.07) is 8.12. The fourth-order valence-electron chi connectivity index (χ4n) is 2.64. The van der Waals surface area contributed by atoms with Crippen molar-refractivity contribution in [3.63, 3.8) is 0 Å². The van der Waals surface area contributed by atoms with Crippen LogP contribution in [0.15, 0.2) is 28.7 Å². The lowest BCUT2D eigenvalue weighted by Crippen LogP contribution is -2.42. The predicted octanol–water partition coefficient (Wildman–Crippen LogP) is 2.99. The maximum atomic E-state index is 11.1. The van der Waals surface area contributed by atoms with Gasteiger partial charge in [-0.25, -0.2) is 0 Å². The molecule has 0 radical (unpaired) electrons. The minimum Gasteiger partial charge on any atom is -0.481 e. The van der Waals surface area contributed by atoms with Gasteiger partial charge in [-0.3, -0.25) is 9.69 Å². The molecular formula is C14H18BrNO2. The SMILES string of the molecule is CC1CC(C(=O)O)CN(Cc2ccccc2Br)C1. The molecule has 1 aromatic rings. The minimum atomic E-state index is -0.668. The van der Waals surface area contributed by atoms with Gasteiger partial charge in [0, 0.05) is 24.1 Å². The number of hydrogen-bond donors (Lipinski definition) is 1. The summed E-state index contributed by atoms with van der Waals surface area (Å²) >= 11 is 3.54. The Labute approximate surface area is 116 Å². The molecule has 98 valence electrons. The van der Waals surface area contributed by atoms with Crippen LogP contribution in [0.1, 0.15) is 18.9 Å². The van der Waals surface area contributed by atoms with Gasteiger partial charge in [-0.05, 0) is 24.0 Å². The molecule has 0 spiro atoms. The first-order chi connectivity index (χ1) is 8.56. The van der Waals surface area contributed by atoms with E-state index in [9.17, 15) is 4.79 Å². The number of carbonyl (C=O) groups is 1. The van der Waals surface area contributed by atoms with Crippen LogP contribution in [0, 0.1) is 11.8 Å². The summed E-state index contributed by atoms with van der Waals surface area (Å²) in [4.78, 5) is 13.4. The Kier molecular flexibility index (Phi) is 4.40. The Morgan fingerprint density at radius 2 is 2.17 bits per heavy atom. The highest BCUT2D eigenvalue weighted by atomic mass is 79.9. The molecule has 1 aliphatic rings. The van der Waals surface area contributed by atoms with Gasteiger partial charge >= 0.3 is 5.97 Å². The summed E-state index contributed by atoms with van der Waals surface area (Å²) in [5, 5.41) is 9.16. The first-order valence-electron chi connectivity index (χ1n) is 6.25. The molecule has 2 rings (SSSR count). The van der Waals surface area contributed by atoms with Crippen molar-refractivity contribution in [3.05, 3.63) is 34.3 Å². The summed E-state index contributed by atoms with van der Waals surface area (Å²) in [6.45, 7) is 4.57. The van der Waals surface area contributed by atoms with E-state index in [4.69, 9.17) is 5.11 Å². The van der Waals surface area contributed by atoms with Gasteiger partial charge in [-0.1, -0.05) is 41.1 Å². The lowest BCUT2D eigenvalue weighted by atomic mass is 9.90. The lowest BCUT2D eigenvalue weighted by Gasteiger charge is -2.34. The lowest BCUT2D eigenvalue weighted by molar-refractivity contribution is -0.144. The minimum absolute atomic E-state index is 0.226. The molecule has 18 heavy (non-hydrogen) atoms. The van der Waals surface area contributed by atoms with Crippen LogP contribution in [0.4, 0.5) is 0 Å². The molecule has 4 heteroatoms. The zero-order chi connectivity index (χ0) is 13.1. The highest BCUT2D eigenvalue weighted by molar-refractivity contribution is 9.10. The number of benzene rings is 1. The van der Waals surface area contributed by atoms with Crippen molar-refractivity contribution in [1.82, 2.24) is 4.90 Å². The van der Waals surface area contributed by atoms with Gasteiger partial charge in [-0.15, -0.1) is 0 Å². The van der Waals surface area contributed by atoms with Crippen LogP contribution in [0.25, 0.3) is 0 Å². The number of piperidine rings is 1. The van der Waals surface area contributed by atoms with Crippen molar-refractivity contribution in [1.29, 1.82) is 0 Å². The van der Waals surface area contributed by atoms with Gasteiger partial charge < -0.3 is 5.11 Å². The van der Waals surface area contributed by atoms with Crippen LogP contribution in [0.3, 0.4) is 0 Å². The Hall–Kier alpha value is -0.870. The number of aliphatic carboxylic acids is 1. The molecule has 2 unspecified atom stereocenters. The molecule has 0 amide bonds. The van der Waals surface area contributed by atoms with Crippen molar-refractivity contribution >= 4 is 21.9 Å². The predicted molar refractivity (Wildman–Crippen MR) is 74.3 cm³/mol. The second-order valence-corrected chi connectivity index (χ2v) is 6.02. The summed E-state index contributed by atoms with van der Waals surface area (Å²) < 4.78 is 1.09. The van der Waals surface area contributed by atoms with E-state index in [1.807, 2.05) is 18.2 Å². The van der Waals surface area contributed by atoms with Gasteiger partial charge in [-0.2, -0.15) is 0 Å². The summed E-state index contributed by atoms with van der Waals surface area (Å²) in [6.07, 6.45) is 0.793.